The molecule has 0 radical (unpaired) electrons. The Hall–Kier alpha value is -2.08. The summed E-state index contributed by atoms with van der Waals surface area (Å²) in [4.78, 5) is 12.1. The van der Waals surface area contributed by atoms with Crippen LogP contribution in [0.1, 0.15) is 13.8 Å². The second-order valence-corrected chi connectivity index (χ2v) is 4.66. The molecular formula is C13H16ClN5O. The van der Waals surface area contributed by atoms with Crippen molar-refractivity contribution >= 4 is 29.2 Å². The van der Waals surface area contributed by atoms with Gasteiger partial charge in [-0.05, 0) is 49.7 Å². The summed E-state index contributed by atoms with van der Waals surface area (Å²) in [5, 5.41) is 6.01. The van der Waals surface area contributed by atoms with Crippen LogP contribution in [0.4, 0.5) is 17.6 Å². The Labute approximate surface area is 122 Å². The van der Waals surface area contributed by atoms with E-state index >= 15 is 0 Å². The Balaban J connectivity index is 2.11. The van der Waals surface area contributed by atoms with Gasteiger partial charge in [-0.3, -0.25) is 0 Å². The number of aromatic nitrogens is 3. The van der Waals surface area contributed by atoms with E-state index in [2.05, 4.69) is 25.6 Å². The maximum atomic E-state index is 5.82. The fraction of sp³-hybridized carbons (Fsp3) is 0.308. The zero-order chi connectivity index (χ0) is 14.5. The van der Waals surface area contributed by atoms with Crippen molar-refractivity contribution in [2.75, 3.05) is 17.7 Å². The summed E-state index contributed by atoms with van der Waals surface area (Å²) in [6.07, 6.45) is 0.148. The predicted molar refractivity (Wildman–Crippen MR) is 79.9 cm³/mol. The molecule has 106 valence electrons. The second kappa shape index (κ2) is 6.38. The van der Waals surface area contributed by atoms with Crippen molar-refractivity contribution in [1.29, 1.82) is 0 Å². The average Bonchev–Trinajstić information content (AvgIpc) is 2.39. The predicted octanol–water partition coefficient (Wildman–Crippen LogP) is 3.10. The molecule has 2 N–H and O–H groups in total. The molecule has 1 aromatic carbocycles. The van der Waals surface area contributed by atoms with E-state index in [9.17, 15) is 0 Å². The largest absolute Gasteiger partial charge is 0.491 e. The molecule has 20 heavy (non-hydrogen) atoms. The van der Waals surface area contributed by atoms with Gasteiger partial charge < -0.3 is 15.4 Å². The van der Waals surface area contributed by atoms with Crippen molar-refractivity contribution in [3.8, 4) is 5.75 Å². The molecule has 2 rings (SSSR count). The first-order chi connectivity index (χ1) is 9.56. The molecule has 0 amide bonds. The van der Waals surface area contributed by atoms with Crippen LogP contribution in [0.2, 0.25) is 5.28 Å². The van der Waals surface area contributed by atoms with Crippen molar-refractivity contribution in [2.24, 2.45) is 0 Å². The lowest BCUT2D eigenvalue weighted by Gasteiger charge is -2.10. The van der Waals surface area contributed by atoms with Crippen LogP contribution in [0.3, 0.4) is 0 Å². The van der Waals surface area contributed by atoms with Gasteiger partial charge in [-0.15, -0.1) is 0 Å². The lowest BCUT2D eigenvalue weighted by molar-refractivity contribution is 0.242. The maximum Gasteiger partial charge on any atom is 0.233 e. The molecule has 0 aliphatic heterocycles. The zero-order valence-electron chi connectivity index (χ0n) is 11.5. The summed E-state index contributed by atoms with van der Waals surface area (Å²) in [5.41, 5.74) is 0.838. The van der Waals surface area contributed by atoms with Gasteiger partial charge in [0.25, 0.3) is 0 Å². The lowest BCUT2D eigenvalue weighted by Crippen LogP contribution is -2.06. The molecule has 7 heteroatoms. The molecule has 0 saturated heterocycles. The van der Waals surface area contributed by atoms with Crippen LogP contribution >= 0.6 is 11.6 Å². The van der Waals surface area contributed by atoms with Crippen LogP contribution in [-0.2, 0) is 0 Å². The first-order valence-corrected chi connectivity index (χ1v) is 6.57. The van der Waals surface area contributed by atoms with E-state index in [0.717, 1.165) is 11.4 Å². The number of rotatable bonds is 5. The molecule has 1 heterocycles. The lowest BCUT2D eigenvalue weighted by atomic mass is 10.3. The summed E-state index contributed by atoms with van der Waals surface area (Å²) >= 11 is 5.82. The van der Waals surface area contributed by atoms with Crippen molar-refractivity contribution in [1.82, 2.24) is 15.0 Å². The van der Waals surface area contributed by atoms with Crippen LogP contribution in [-0.4, -0.2) is 28.1 Å². The number of ether oxygens (including phenoxy) is 1. The maximum absolute atomic E-state index is 5.82. The summed E-state index contributed by atoms with van der Waals surface area (Å²) in [6, 6.07) is 7.52. The minimum absolute atomic E-state index is 0.131. The van der Waals surface area contributed by atoms with Gasteiger partial charge in [0.2, 0.25) is 17.2 Å². The number of halogens is 1. The quantitative estimate of drug-likeness (QED) is 0.882. The Bertz CT molecular complexity index is 573. The van der Waals surface area contributed by atoms with Crippen molar-refractivity contribution in [3.63, 3.8) is 0 Å². The molecule has 0 saturated carbocycles. The topological polar surface area (TPSA) is 72.0 Å². The highest BCUT2D eigenvalue weighted by Gasteiger charge is 2.04. The first-order valence-electron chi connectivity index (χ1n) is 6.20. The average molecular weight is 294 g/mol. The molecule has 0 bridgehead atoms. The molecule has 0 unspecified atom stereocenters. The third-order valence-electron chi connectivity index (χ3n) is 2.31. The number of hydrogen-bond acceptors (Lipinski definition) is 6. The monoisotopic (exact) mass is 293 g/mol. The Morgan fingerprint density at radius 3 is 2.30 bits per heavy atom. The summed E-state index contributed by atoms with van der Waals surface area (Å²) in [5.74, 6) is 1.61. The van der Waals surface area contributed by atoms with Gasteiger partial charge in [-0.2, -0.15) is 15.0 Å². The van der Waals surface area contributed by atoms with Crippen LogP contribution in [0.5, 0.6) is 5.75 Å². The molecule has 0 spiro atoms. The number of nitrogens with one attached hydrogen (secondary N) is 2. The summed E-state index contributed by atoms with van der Waals surface area (Å²) in [6.45, 7) is 3.97. The SMILES string of the molecule is CNc1nc(Cl)nc(Nc2ccc(OC(C)C)cc2)n1. The second-order valence-electron chi connectivity index (χ2n) is 4.32. The van der Waals surface area contributed by atoms with E-state index in [-0.39, 0.29) is 11.4 Å². The molecule has 0 aliphatic rings. The molecule has 1 aromatic heterocycles. The van der Waals surface area contributed by atoms with Crippen LogP contribution in [0, 0.1) is 0 Å². The van der Waals surface area contributed by atoms with E-state index in [1.165, 1.54) is 0 Å². The third kappa shape index (κ3) is 3.96. The highest BCUT2D eigenvalue weighted by molar-refractivity contribution is 6.28. The molecule has 0 aliphatic carbocycles. The Morgan fingerprint density at radius 1 is 1.05 bits per heavy atom. The van der Waals surface area contributed by atoms with Crippen LogP contribution in [0.15, 0.2) is 24.3 Å². The van der Waals surface area contributed by atoms with Gasteiger partial charge in [0.05, 0.1) is 6.10 Å². The van der Waals surface area contributed by atoms with Gasteiger partial charge in [0.15, 0.2) is 0 Å². The van der Waals surface area contributed by atoms with Gasteiger partial charge >= 0.3 is 0 Å². The normalized spacial score (nSPS) is 10.4. The van der Waals surface area contributed by atoms with Crippen molar-refractivity contribution < 1.29 is 4.74 Å². The third-order valence-corrected chi connectivity index (χ3v) is 2.48. The Kier molecular flexibility index (Phi) is 4.57. The van der Waals surface area contributed by atoms with E-state index in [0.29, 0.717) is 11.9 Å². The Morgan fingerprint density at radius 2 is 1.70 bits per heavy atom. The number of anilines is 3. The van der Waals surface area contributed by atoms with Crippen LogP contribution in [0.25, 0.3) is 0 Å². The molecule has 0 fully saturated rings. The summed E-state index contributed by atoms with van der Waals surface area (Å²) < 4.78 is 5.57. The fourth-order valence-electron chi connectivity index (χ4n) is 1.54. The zero-order valence-corrected chi connectivity index (χ0v) is 12.3. The first kappa shape index (κ1) is 14.3. The number of benzene rings is 1. The van der Waals surface area contributed by atoms with E-state index in [1.807, 2.05) is 38.1 Å². The highest BCUT2D eigenvalue weighted by Crippen LogP contribution is 2.20. The highest BCUT2D eigenvalue weighted by atomic mass is 35.5. The molecule has 6 nitrogen and oxygen atoms in total. The molecule has 2 aromatic rings. The van der Waals surface area contributed by atoms with E-state index in [4.69, 9.17) is 16.3 Å². The molecular weight excluding hydrogens is 278 g/mol. The van der Waals surface area contributed by atoms with Crippen molar-refractivity contribution in [3.05, 3.63) is 29.5 Å². The summed E-state index contributed by atoms with van der Waals surface area (Å²) in [7, 11) is 1.72. The molecule has 0 atom stereocenters. The minimum atomic E-state index is 0.131. The van der Waals surface area contributed by atoms with Gasteiger partial charge in [-0.25, -0.2) is 0 Å². The van der Waals surface area contributed by atoms with E-state index in [1.54, 1.807) is 7.05 Å². The van der Waals surface area contributed by atoms with Crippen molar-refractivity contribution in [2.45, 2.75) is 20.0 Å². The van der Waals surface area contributed by atoms with Crippen LogP contribution < -0.4 is 15.4 Å². The van der Waals surface area contributed by atoms with Gasteiger partial charge in [0, 0.05) is 12.7 Å². The van der Waals surface area contributed by atoms with Gasteiger partial charge in [-0.1, -0.05) is 0 Å². The standard InChI is InChI=1S/C13H16ClN5O/c1-8(2)20-10-6-4-9(5-7-10)16-13-18-11(14)17-12(15-3)19-13/h4-8H,1-3H3,(H2,15,16,17,18,19). The number of hydrogen-bond donors (Lipinski definition) is 2. The smallest absolute Gasteiger partial charge is 0.233 e. The van der Waals surface area contributed by atoms with E-state index < -0.39 is 0 Å². The minimum Gasteiger partial charge on any atom is -0.491 e. The number of nitrogens with zero attached hydrogens (tertiary/aromatic N) is 3. The van der Waals surface area contributed by atoms with Gasteiger partial charge in [0.1, 0.15) is 5.75 Å². The fourth-order valence-corrected chi connectivity index (χ4v) is 1.70.